The zero-order valence-corrected chi connectivity index (χ0v) is 7.64. The Kier molecular flexibility index (Phi) is 5.66. The molecule has 0 fully saturated rings. The summed E-state index contributed by atoms with van der Waals surface area (Å²) in [6.07, 6.45) is 0. The van der Waals surface area contributed by atoms with Gasteiger partial charge in [-0.05, 0) is 0 Å². The molecular formula is C3H7I2N. The third-order valence-electron chi connectivity index (χ3n) is 0.423. The molecule has 3 heteroatoms. The minimum absolute atomic E-state index is 0.670. The molecule has 0 bridgehead atoms. The summed E-state index contributed by atoms with van der Waals surface area (Å²) in [6.45, 7) is 0.809. The maximum absolute atomic E-state index is 5.27. The molecule has 0 saturated heterocycles. The SMILES string of the molecule is NCC(I)CI. The first-order chi connectivity index (χ1) is 2.81. The fourth-order valence-corrected chi connectivity index (χ4v) is 0.423. The third kappa shape index (κ3) is 3.60. The molecule has 0 aromatic rings. The van der Waals surface area contributed by atoms with Gasteiger partial charge in [0.25, 0.3) is 0 Å². The van der Waals surface area contributed by atoms with Crippen LogP contribution in [0.4, 0.5) is 0 Å². The van der Waals surface area contributed by atoms with E-state index in [0.29, 0.717) is 3.92 Å². The van der Waals surface area contributed by atoms with E-state index in [0.717, 1.165) is 11.0 Å². The molecule has 0 aliphatic carbocycles. The van der Waals surface area contributed by atoms with Crippen LogP contribution >= 0.6 is 45.2 Å². The monoisotopic (exact) mass is 311 g/mol. The minimum Gasteiger partial charge on any atom is -0.329 e. The second-order valence-electron chi connectivity index (χ2n) is 0.987. The van der Waals surface area contributed by atoms with Gasteiger partial charge in [0.05, 0.1) is 0 Å². The smallest absolute Gasteiger partial charge is 0.0322 e. The molecule has 0 aromatic heterocycles. The van der Waals surface area contributed by atoms with Gasteiger partial charge in [-0.25, -0.2) is 0 Å². The van der Waals surface area contributed by atoms with Crippen molar-refractivity contribution in [1.82, 2.24) is 0 Å². The molecule has 1 atom stereocenters. The molecule has 2 N–H and O–H groups in total. The molecule has 0 aliphatic rings. The molecule has 0 rings (SSSR count). The van der Waals surface area contributed by atoms with Gasteiger partial charge in [0.1, 0.15) is 0 Å². The van der Waals surface area contributed by atoms with Crippen molar-refractivity contribution < 1.29 is 0 Å². The van der Waals surface area contributed by atoms with Crippen LogP contribution in [0.25, 0.3) is 0 Å². The molecule has 0 aromatic carbocycles. The van der Waals surface area contributed by atoms with Crippen molar-refractivity contribution in [3.8, 4) is 0 Å². The highest BCUT2D eigenvalue weighted by molar-refractivity contribution is 14.1. The molecule has 0 amide bonds. The predicted molar refractivity (Wildman–Crippen MR) is 45.7 cm³/mol. The van der Waals surface area contributed by atoms with Crippen molar-refractivity contribution in [1.29, 1.82) is 0 Å². The molecule has 6 heavy (non-hydrogen) atoms. The fraction of sp³-hybridized carbons (Fsp3) is 1.00. The lowest BCUT2D eigenvalue weighted by Crippen LogP contribution is -2.13. The van der Waals surface area contributed by atoms with Gasteiger partial charge < -0.3 is 5.73 Å². The van der Waals surface area contributed by atoms with Crippen LogP contribution < -0.4 is 5.73 Å². The Hall–Kier alpha value is 1.42. The maximum atomic E-state index is 5.27. The lowest BCUT2D eigenvalue weighted by atomic mass is 10.5. The topological polar surface area (TPSA) is 26.0 Å². The molecule has 1 unspecified atom stereocenters. The van der Waals surface area contributed by atoms with Gasteiger partial charge in [0.2, 0.25) is 0 Å². The number of alkyl halides is 2. The minimum atomic E-state index is 0.670. The fourth-order valence-electron chi connectivity index (χ4n) is 0.0630. The second kappa shape index (κ2) is 4.58. The first-order valence-corrected chi connectivity index (χ1v) is 4.48. The Morgan fingerprint density at radius 1 is 1.67 bits per heavy atom. The van der Waals surface area contributed by atoms with Gasteiger partial charge in [-0.15, -0.1) is 0 Å². The maximum Gasteiger partial charge on any atom is 0.0322 e. The van der Waals surface area contributed by atoms with Crippen molar-refractivity contribution >= 4 is 45.2 Å². The van der Waals surface area contributed by atoms with Crippen LogP contribution in [0.15, 0.2) is 0 Å². The Morgan fingerprint density at radius 2 is 2.17 bits per heavy atom. The quantitative estimate of drug-likeness (QED) is 0.602. The molecule has 0 aliphatic heterocycles. The predicted octanol–water partition coefficient (Wildman–Crippen LogP) is 1.18. The number of hydrogen-bond acceptors (Lipinski definition) is 1. The summed E-state index contributed by atoms with van der Waals surface area (Å²) in [4.78, 5) is 0. The number of halogens is 2. The number of rotatable bonds is 2. The summed E-state index contributed by atoms with van der Waals surface area (Å²) in [5.41, 5.74) is 5.27. The third-order valence-corrected chi connectivity index (χ3v) is 4.12. The lowest BCUT2D eigenvalue weighted by molar-refractivity contribution is 1.01. The highest BCUT2D eigenvalue weighted by Gasteiger charge is 1.92. The van der Waals surface area contributed by atoms with Crippen molar-refractivity contribution in [2.45, 2.75) is 3.92 Å². The summed E-state index contributed by atoms with van der Waals surface area (Å²) in [6, 6.07) is 0. The Morgan fingerprint density at radius 3 is 2.17 bits per heavy atom. The summed E-state index contributed by atoms with van der Waals surface area (Å²) >= 11 is 4.66. The van der Waals surface area contributed by atoms with Gasteiger partial charge >= 0.3 is 0 Å². The summed E-state index contributed by atoms with van der Waals surface area (Å²) in [5, 5.41) is 0. The zero-order valence-electron chi connectivity index (χ0n) is 3.32. The first kappa shape index (κ1) is 7.42. The van der Waals surface area contributed by atoms with Crippen molar-refractivity contribution in [3.63, 3.8) is 0 Å². The number of nitrogens with two attached hydrogens (primary N) is 1. The highest BCUT2D eigenvalue weighted by Crippen LogP contribution is 2.00. The first-order valence-electron chi connectivity index (χ1n) is 1.71. The molecule has 0 spiro atoms. The molecule has 0 heterocycles. The van der Waals surface area contributed by atoms with Crippen LogP contribution in [-0.2, 0) is 0 Å². The van der Waals surface area contributed by atoms with E-state index in [9.17, 15) is 0 Å². The van der Waals surface area contributed by atoms with E-state index >= 15 is 0 Å². The summed E-state index contributed by atoms with van der Waals surface area (Å²) in [5.74, 6) is 0. The van der Waals surface area contributed by atoms with Gasteiger partial charge in [-0.3, -0.25) is 0 Å². The van der Waals surface area contributed by atoms with E-state index in [1.54, 1.807) is 0 Å². The van der Waals surface area contributed by atoms with E-state index in [1.165, 1.54) is 0 Å². The number of hydrogen-bond donors (Lipinski definition) is 1. The molecule has 1 nitrogen and oxygen atoms in total. The average Bonchev–Trinajstić information content (AvgIpc) is 1.65. The average molecular weight is 311 g/mol. The van der Waals surface area contributed by atoms with Gasteiger partial charge in [0.15, 0.2) is 0 Å². The Labute approximate surface area is 65.3 Å². The summed E-state index contributed by atoms with van der Waals surface area (Å²) in [7, 11) is 0. The van der Waals surface area contributed by atoms with E-state index < -0.39 is 0 Å². The van der Waals surface area contributed by atoms with Crippen LogP contribution in [-0.4, -0.2) is 14.9 Å². The van der Waals surface area contributed by atoms with Crippen LogP contribution in [0.5, 0.6) is 0 Å². The van der Waals surface area contributed by atoms with Crippen LogP contribution in [0, 0.1) is 0 Å². The van der Waals surface area contributed by atoms with Gasteiger partial charge in [-0.2, -0.15) is 0 Å². The van der Waals surface area contributed by atoms with Gasteiger partial charge in [0, 0.05) is 14.9 Å². The molecule has 38 valence electrons. The molecular weight excluding hydrogens is 304 g/mol. The van der Waals surface area contributed by atoms with E-state index in [-0.39, 0.29) is 0 Å². The second-order valence-corrected chi connectivity index (χ2v) is 3.63. The zero-order chi connectivity index (χ0) is 4.99. The normalized spacial score (nSPS) is 14.5. The summed E-state index contributed by atoms with van der Waals surface area (Å²) < 4.78 is 1.83. The largest absolute Gasteiger partial charge is 0.329 e. The lowest BCUT2D eigenvalue weighted by Gasteiger charge is -1.95. The molecule has 0 saturated carbocycles. The van der Waals surface area contributed by atoms with Crippen molar-refractivity contribution in [2.75, 3.05) is 11.0 Å². The standard InChI is InChI=1S/C3H7I2N/c4-1-3(5)2-6/h3H,1-2,6H2. The van der Waals surface area contributed by atoms with E-state index in [1.807, 2.05) is 0 Å². The Bertz CT molecular complexity index is 28.0. The van der Waals surface area contributed by atoms with Crippen LogP contribution in [0.2, 0.25) is 0 Å². The van der Waals surface area contributed by atoms with E-state index in [4.69, 9.17) is 5.73 Å². The highest BCUT2D eigenvalue weighted by atomic mass is 127. The van der Waals surface area contributed by atoms with Gasteiger partial charge in [-0.1, -0.05) is 45.2 Å². The van der Waals surface area contributed by atoms with Crippen LogP contribution in [0.3, 0.4) is 0 Å². The molecule has 0 radical (unpaired) electrons. The van der Waals surface area contributed by atoms with E-state index in [2.05, 4.69) is 45.2 Å². The van der Waals surface area contributed by atoms with Crippen molar-refractivity contribution in [3.05, 3.63) is 0 Å². The van der Waals surface area contributed by atoms with Crippen molar-refractivity contribution in [2.24, 2.45) is 5.73 Å². The van der Waals surface area contributed by atoms with Crippen LogP contribution in [0.1, 0.15) is 0 Å². The Balaban J connectivity index is 2.75.